The van der Waals surface area contributed by atoms with Crippen LogP contribution in [-0.4, -0.2) is 54.6 Å². The molecule has 1 aliphatic rings. The Kier molecular flexibility index (Phi) is 5.27. The van der Waals surface area contributed by atoms with Gasteiger partial charge in [0.05, 0.1) is 19.3 Å². The van der Waals surface area contributed by atoms with Crippen LogP contribution < -0.4 is 0 Å². The molecule has 6 nitrogen and oxygen atoms in total. The molecule has 1 aromatic carbocycles. The molecule has 1 fully saturated rings. The number of likely N-dealkylation sites (tertiary alicyclic amines) is 1. The first-order chi connectivity index (χ1) is 11.2. The van der Waals surface area contributed by atoms with Crippen molar-refractivity contribution >= 4 is 11.6 Å². The maximum absolute atomic E-state index is 5.89. The van der Waals surface area contributed by atoms with Crippen LogP contribution in [0.1, 0.15) is 12.3 Å². The number of benzene rings is 1. The quantitative estimate of drug-likeness (QED) is 0.807. The van der Waals surface area contributed by atoms with E-state index in [1.165, 1.54) is 0 Å². The fourth-order valence-electron chi connectivity index (χ4n) is 2.87. The highest BCUT2D eigenvalue weighted by Gasteiger charge is 2.33. The molecule has 1 aromatic heterocycles. The second-order valence-electron chi connectivity index (χ2n) is 5.64. The predicted octanol–water partition coefficient (Wildman–Crippen LogP) is 2.63. The van der Waals surface area contributed by atoms with Gasteiger partial charge in [0, 0.05) is 37.4 Å². The summed E-state index contributed by atoms with van der Waals surface area (Å²) < 4.78 is 16.5. The van der Waals surface area contributed by atoms with Crippen LogP contribution in [0.2, 0.25) is 5.02 Å². The van der Waals surface area contributed by atoms with Crippen LogP contribution in [0.5, 0.6) is 0 Å². The molecule has 0 aliphatic carbocycles. The van der Waals surface area contributed by atoms with Gasteiger partial charge in [0.15, 0.2) is 0 Å². The fraction of sp³-hybridized carbons (Fsp3) is 0.500. The molecule has 0 N–H and O–H groups in total. The summed E-state index contributed by atoms with van der Waals surface area (Å²) in [6, 6.07) is 7.64. The Morgan fingerprint density at radius 1 is 1.26 bits per heavy atom. The number of hydrogen-bond donors (Lipinski definition) is 0. The fourth-order valence-corrected chi connectivity index (χ4v) is 2.99. The van der Waals surface area contributed by atoms with Crippen LogP contribution in [0.15, 0.2) is 28.7 Å². The maximum Gasteiger partial charge on any atom is 0.247 e. The number of rotatable bonds is 6. The molecule has 0 bridgehead atoms. The average Bonchev–Trinajstić information content (AvgIpc) is 3.16. The second kappa shape index (κ2) is 7.40. The van der Waals surface area contributed by atoms with Crippen molar-refractivity contribution in [1.82, 2.24) is 15.1 Å². The van der Waals surface area contributed by atoms with E-state index in [2.05, 4.69) is 15.1 Å². The van der Waals surface area contributed by atoms with E-state index in [1.54, 1.807) is 26.4 Å². The van der Waals surface area contributed by atoms with Crippen LogP contribution in [-0.2, 0) is 16.0 Å². The highest BCUT2D eigenvalue weighted by atomic mass is 35.5. The normalized spacial score (nSPS) is 21.9. The summed E-state index contributed by atoms with van der Waals surface area (Å²) in [6.07, 6.45) is 1.16. The number of hydrogen-bond acceptors (Lipinski definition) is 6. The van der Waals surface area contributed by atoms with Crippen molar-refractivity contribution in [2.45, 2.75) is 25.1 Å². The Hall–Kier alpha value is -1.47. The van der Waals surface area contributed by atoms with Gasteiger partial charge in [-0.1, -0.05) is 11.6 Å². The number of nitrogens with zero attached hydrogens (tertiary/aromatic N) is 3. The summed E-state index contributed by atoms with van der Waals surface area (Å²) in [4.78, 5) is 2.26. The van der Waals surface area contributed by atoms with Crippen molar-refractivity contribution in [1.29, 1.82) is 0 Å². The SMILES string of the molecule is COC[C@@H]1C[C@H](OC)CN1Cc1nnc(-c2ccc(Cl)cc2)o1. The molecule has 7 heteroatoms. The van der Waals surface area contributed by atoms with Crippen LogP contribution in [0, 0.1) is 0 Å². The monoisotopic (exact) mass is 337 g/mol. The van der Waals surface area contributed by atoms with Crippen LogP contribution in [0.4, 0.5) is 0 Å². The summed E-state index contributed by atoms with van der Waals surface area (Å²) in [6.45, 7) is 2.09. The number of ether oxygens (including phenoxy) is 2. The molecule has 1 saturated heterocycles. The molecule has 2 atom stereocenters. The van der Waals surface area contributed by atoms with E-state index in [4.69, 9.17) is 25.5 Å². The van der Waals surface area contributed by atoms with E-state index in [-0.39, 0.29) is 6.10 Å². The Labute approximate surface area is 140 Å². The molecule has 3 rings (SSSR count). The summed E-state index contributed by atoms with van der Waals surface area (Å²) in [5, 5.41) is 8.95. The third kappa shape index (κ3) is 3.90. The van der Waals surface area contributed by atoms with Crippen LogP contribution >= 0.6 is 11.6 Å². The average molecular weight is 338 g/mol. The van der Waals surface area contributed by atoms with Gasteiger partial charge in [-0.25, -0.2) is 0 Å². The zero-order valence-electron chi connectivity index (χ0n) is 13.2. The lowest BCUT2D eigenvalue weighted by Gasteiger charge is -2.21. The Bertz CT molecular complexity index is 632. The van der Waals surface area contributed by atoms with E-state index in [1.807, 2.05) is 12.1 Å². The highest BCUT2D eigenvalue weighted by molar-refractivity contribution is 6.30. The molecular formula is C16H20ClN3O3. The van der Waals surface area contributed by atoms with E-state index in [0.29, 0.717) is 36.0 Å². The minimum Gasteiger partial charge on any atom is -0.419 e. The van der Waals surface area contributed by atoms with Gasteiger partial charge in [0.1, 0.15) is 0 Å². The van der Waals surface area contributed by atoms with E-state index >= 15 is 0 Å². The molecule has 0 unspecified atom stereocenters. The minimum atomic E-state index is 0.216. The highest BCUT2D eigenvalue weighted by Crippen LogP contribution is 2.24. The first-order valence-corrected chi connectivity index (χ1v) is 7.91. The lowest BCUT2D eigenvalue weighted by molar-refractivity contribution is 0.102. The molecule has 0 radical (unpaired) electrons. The van der Waals surface area contributed by atoms with E-state index in [0.717, 1.165) is 18.5 Å². The minimum absolute atomic E-state index is 0.216. The molecule has 2 aromatic rings. The van der Waals surface area contributed by atoms with Crippen LogP contribution in [0.3, 0.4) is 0 Å². The molecule has 2 heterocycles. The van der Waals surface area contributed by atoms with Crippen molar-refractivity contribution < 1.29 is 13.9 Å². The van der Waals surface area contributed by atoms with Crippen LogP contribution in [0.25, 0.3) is 11.5 Å². The summed E-state index contributed by atoms with van der Waals surface area (Å²) in [5.74, 6) is 1.09. The molecular weight excluding hydrogens is 318 g/mol. The topological polar surface area (TPSA) is 60.6 Å². The lowest BCUT2D eigenvalue weighted by Crippen LogP contribution is -2.32. The van der Waals surface area contributed by atoms with E-state index < -0.39 is 0 Å². The lowest BCUT2D eigenvalue weighted by atomic mass is 10.2. The smallest absolute Gasteiger partial charge is 0.247 e. The first-order valence-electron chi connectivity index (χ1n) is 7.53. The van der Waals surface area contributed by atoms with Gasteiger partial charge in [-0.2, -0.15) is 0 Å². The standard InChI is InChI=1S/C16H20ClN3O3/c1-21-10-13-7-14(22-2)8-20(13)9-15-18-19-16(23-15)11-3-5-12(17)6-4-11/h3-6,13-14H,7-10H2,1-2H3/t13-,14-/m0/s1. The summed E-state index contributed by atoms with van der Waals surface area (Å²) in [7, 11) is 3.45. The predicted molar refractivity (Wildman–Crippen MR) is 86.2 cm³/mol. The van der Waals surface area contributed by atoms with Gasteiger partial charge in [0.2, 0.25) is 11.8 Å². The molecule has 0 spiro atoms. The van der Waals surface area contributed by atoms with Crippen molar-refractivity contribution in [3.05, 3.63) is 35.2 Å². The van der Waals surface area contributed by atoms with Crippen molar-refractivity contribution in [2.75, 3.05) is 27.4 Å². The zero-order valence-corrected chi connectivity index (χ0v) is 14.0. The second-order valence-corrected chi connectivity index (χ2v) is 6.08. The van der Waals surface area contributed by atoms with Gasteiger partial charge in [-0.05, 0) is 30.7 Å². The van der Waals surface area contributed by atoms with Crippen molar-refractivity contribution in [2.24, 2.45) is 0 Å². The molecule has 124 valence electrons. The third-order valence-corrected chi connectivity index (χ3v) is 4.33. The number of aromatic nitrogens is 2. The summed E-state index contributed by atoms with van der Waals surface area (Å²) in [5.41, 5.74) is 0.859. The Morgan fingerprint density at radius 2 is 2.04 bits per heavy atom. The molecule has 0 amide bonds. The molecule has 23 heavy (non-hydrogen) atoms. The van der Waals surface area contributed by atoms with Crippen molar-refractivity contribution in [3.63, 3.8) is 0 Å². The molecule has 0 saturated carbocycles. The first kappa shape index (κ1) is 16.4. The Balaban J connectivity index is 1.69. The number of methoxy groups -OCH3 is 2. The summed E-state index contributed by atoms with van der Waals surface area (Å²) >= 11 is 5.89. The van der Waals surface area contributed by atoms with Gasteiger partial charge in [-0.3, -0.25) is 4.90 Å². The van der Waals surface area contributed by atoms with Gasteiger partial charge in [0.25, 0.3) is 0 Å². The third-order valence-electron chi connectivity index (χ3n) is 4.08. The number of halogens is 1. The van der Waals surface area contributed by atoms with Gasteiger partial charge in [-0.15, -0.1) is 10.2 Å². The largest absolute Gasteiger partial charge is 0.419 e. The van der Waals surface area contributed by atoms with Gasteiger partial charge >= 0.3 is 0 Å². The zero-order chi connectivity index (χ0) is 16.2. The van der Waals surface area contributed by atoms with E-state index in [9.17, 15) is 0 Å². The molecule has 1 aliphatic heterocycles. The Morgan fingerprint density at radius 3 is 2.74 bits per heavy atom. The van der Waals surface area contributed by atoms with Gasteiger partial charge < -0.3 is 13.9 Å². The van der Waals surface area contributed by atoms with Crippen molar-refractivity contribution in [3.8, 4) is 11.5 Å². The maximum atomic E-state index is 5.89.